The lowest BCUT2D eigenvalue weighted by molar-refractivity contribution is 0.101. The van der Waals surface area contributed by atoms with Gasteiger partial charge in [0.25, 0.3) is 5.91 Å². The minimum atomic E-state index is -0.256. The zero-order chi connectivity index (χ0) is 25.0. The SMILES string of the molecule is CCSc1ncccc1C(=O)Nc1cccc(C(=O)C=C2NC(C)(C)Cc3ccc(OC)cc32)c1. The summed E-state index contributed by atoms with van der Waals surface area (Å²) >= 11 is 1.52. The van der Waals surface area contributed by atoms with Gasteiger partial charge < -0.3 is 15.4 Å². The molecule has 2 heterocycles. The highest BCUT2D eigenvalue weighted by Gasteiger charge is 2.28. The first-order valence-electron chi connectivity index (χ1n) is 11.5. The molecular weight excluding hydrogens is 458 g/mol. The number of nitrogens with zero attached hydrogens (tertiary/aromatic N) is 1. The van der Waals surface area contributed by atoms with E-state index in [1.54, 1.807) is 55.8 Å². The minimum Gasteiger partial charge on any atom is -0.497 e. The maximum atomic E-state index is 13.3. The average molecular weight is 488 g/mol. The number of aromatic nitrogens is 1. The van der Waals surface area contributed by atoms with Crippen LogP contribution in [0.1, 0.15) is 52.6 Å². The number of hydrogen-bond acceptors (Lipinski definition) is 6. The quantitative estimate of drug-likeness (QED) is 0.256. The topological polar surface area (TPSA) is 80.3 Å². The Hall–Kier alpha value is -3.58. The number of hydrogen-bond donors (Lipinski definition) is 2. The van der Waals surface area contributed by atoms with E-state index in [0.29, 0.717) is 21.8 Å². The van der Waals surface area contributed by atoms with Crippen molar-refractivity contribution in [2.75, 3.05) is 18.2 Å². The number of anilines is 1. The standard InChI is InChI=1S/C28H29N3O3S/c1-5-35-27-22(10-7-13-29-27)26(33)30-20-9-6-8-18(14-20)25(32)16-24-23-15-21(34-4)12-11-19(23)17-28(2,3)31-24/h6-16,31H,5,17H2,1-4H3,(H,30,33). The Morgan fingerprint density at radius 3 is 2.77 bits per heavy atom. The highest BCUT2D eigenvalue weighted by atomic mass is 32.2. The van der Waals surface area contributed by atoms with Gasteiger partial charge >= 0.3 is 0 Å². The first kappa shape index (κ1) is 24.5. The summed E-state index contributed by atoms with van der Waals surface area (Å²) in [4.78, 5) is 30.5. The Bertz CT molecular complexity index is 1300. The molecule has 0 bridgehead atoms. The lowest BCUT2D eigenvalue weighted by atomic mass is 9.85. The molecule has 35 heavy (non-hydrogen) atoms. The highest BCUT2D eigenvalue weighted by Crippen LogP contribution is 2.32. The van der Waals surface area contributed by atoms with Crippen LogP contribution in [-0.2, 0) is 6.42 Å². The van der Waals surface area contributed by atoms with E-state index in [2.05, 4.69) is 35.5 Å². The number of nitrogens with one attached hydrogen (secondary N) is 2. The summed E-state index contributed by atoms with van der Waals surface area (Å²) in [6, 6.07) is 16.4. The summed E-state index contributed by atoms with van der Waals surface area (Å²) in [6.45, 7) is 6.23. The summed E-state index contributed by atoms with van der Waals surface area (Å²) in [6.07, 6.45) is 4.14. The Balaban J connectivity index is 1.60. The zero-order valence-electron chi connectivity index (χ0n) is 20.3. The van der Waals surface area contributed by atoms with E-state index in [4.69, 9.17) is 4.74 Å². The molecule has 0 atom stereocenters. The fourth-order valence-corrected chi connectivity index (χ4v) is 4.86. The van der Waals surface area contributed by atoms with Crippen LogP contribution in [0.2, 0.25) is 0 Å². The van der Waals surface area contributed by atoms with Gasteiger partial charge in [0.2, 0.25) is 0 Å². The number of thioether (sulfide) groups is 1. The van der Waals surface area contributed by atoms with Crippen molar-refractivity contribution in [3.05, 3.63) is 89.1 Å². The molecule has 1 aliphatic rings. The fourth-order valence-electron chi connectivity index (χ4n) is 4.13. The maximum Gasteiger partial charge on any atom is 0.258 e. The maximum absolute atomic E-state index is 13.3. The first-order chi connectivity index (χ1) is 16.8. The van der Waals surface area contributed by atoms with Crippen molar-refractivity contribution in [3.8, 4) is 5.75 Å². The Kier molecular flexibility index (Phi) is 7.26. The molecule has 180 valence electrons. The van der Waals surface area contributed by atoms with E-state index in [0.717, 1.165) is 34.7 Å². The van der Waals surface area contributed by atoms with Gasteiger partial charge in [0.05, 0.1) is 12.7 Å². The van der Waals surface area contributed by atoms with E-state index in [1.807, 2.05) is 19.1 Å². The summed E-state index contributed by atoms with van der Waals surface area (Å²) in [5, 5.41) is 7.08. The van der Waals surface area contributed by atoms with E-state index in [-0.39, 0.29) is 17.2 Å². The minimum absolute atomic E-state index is 0.154. The van der Waals surface area contributed by atoms with Crippen molar-refractivity contribution in [1.82, 2.24) is 10.3 Å². The molecule has 1 amide bonds. The zero-order valence-corrected chi connectivity index (χ0v) is 21.2. The van der Waals surface area contributed by atoms with Crippen LogP contribution in [0, 0.1) is 0 Å². The summed E-state index contributed by atoms with van der Waals surface area (Å²) < 4.78 is 5.40. The summed E-state index contributed by atoms with van der Waals surface area (Å²) in [5.74, 6) is 1.15. The second kappa shape index (κ2) is 10.4. The van der Waals surface area contributed by atoms with Crippen LogP contribution in [0.5, 0.6) is 5.75 Å². The second-order valence-electron chi connectivity index (χ2n) is 8.96. The Morgan fingerprint density at radius 2 is 2.00 bits per heavy atom. The van der Waals surface area contributed by atoms with Crippen LogP contribution in [0.3, 0.4) is 0 Å². The van der Waals surface area contributed by atoms with E-state index in [9.17, 15) is 9.59 Å². The van der Waals surface area contributed by atoms with E-state index in [1.165, 1.54) is 11.8 Å². The second-order valence-corrected chi connectivity index (χ2v) is 10.2. The van der Waals surface area contributed by atoms with Crippen molar-refractivity contribution in [2.45, 2.75) is 37.8 Å². The van der Waals surface area contributed by atoms with Crippen molar-refractivity contribution in [1.29, 1.82) is 0 Å². The van der Waals surface area contributed by atoms with Gasteiger partial charge in [-0.1, -0.05) is 25.1 Å². The molecule has 0 radical (unpaired) electrons. The molecule has 2 N–H and O–H groups in total. The predicted molar refractivity (Wildman–Crippen MR) is 141 cm³/mol. The van der Waals surface area contributed by atoms with Gasteiger partial charge in [-0.05, 0) is 68.0 Å². The number of ketones is 1. The normalized spacial score (nSPS) is 15.1. The molecule has 6 nitrogen and oxygen atoms in total. The van der Waals surface area contributed by atoms with Crippen LogP contribution in [-0.4, -0.2) is 35.1 Å². The molecule has 0 aliphatic carbocycles. The molecule has 0 saturated carbocycles. The third kappa shape index (κ3) is 5.74. The van der Waals surface area contributed by atoms with Crippen LogP contribution >= 0.6 is 11.8 Å². The lowest BCUT2D eigenvalue weighted by Crippen LogP contribution is -2.43. The van der Waals surface area contributed by atoms with Crippen LogP contribution < -0.4 is 15.4 Å². The van der Waals surface area contributed by atoms with Crippen LogP contribution in [0.25, 0.3) is 5.70 Å². The number of methoxy groups -OCH3 is 1. The third-order valence-electron chi connectivity index (χ3n) is 5.69. The lowest BCUT2D eigenvalue weighted by Gasteiger charge is -2.35. The molecule has 7 heteroatoms. The van der Waals surface area contributed by atoms with Gasteiger partial charge in [0.1, 0.15) is 10.8 Å². The molecule has 1 aliphatic heterocycles. The number of allylic oxidation sites excluding steroid dienone is 1. The van der Waals surface area contributed by atoms with Gasteiger partial charge in [0, 0.05) is 40.3 Å². The number of amides is 1. The number of benzene rings is 2. The monoisotopic (exact) mass is 487 g/mol. The molecule has 4 rings (SSSR count). The molecule has 0 unspecified atom stereocenters. The van der Waals surface area contributed by atoms with Crippen molar-refractivity contribution >= 4 is 34.8 Å². The average Bonchev–Trinajstić information content (AvgIpc) is 2.84. The van der Waals surface area contributed by atoms with E-state index < -0.39 is 0 Å². The molecule has 1 aromatic heterocycles. The fraction of sp³-hybridized carbons (Fsp3) is 0.250. The van der Waals surface area contributed by atoms with Gasteiger partial charge in [-0.25, -0.2) is 4.98 Å². The van der Waals surface area contributed by atoms with Crippen LogP contribution in [0.4, 0.5) is 5.69 Å². The van der Waals surface area contributed by atoms with Gasteiger partial charge in [-0.2, -0.15) is 0 Å². The van der Waals surface area contributed by atoms with Gasteiger partial charge in [0.15, 0.2) is 5.78 Å². The number of rotatable bonds is 7. The number of pyridine rings is 1. The molecule has 2 aromatic carbocycles. The first-order valence-corrected chi connectivity index (χ1v) is 12.5. The molecule has 3 aromatic rings. The molecule has 0 saturated heterocycles. The van der Waals surface area contributed by atoms with Gasteiger partial charge in [-0.3, -0.25) is 9.59 Å². The number of fused-ring (bicyclic) bond motifs is 1. The highest BCUT2D eigenvalue weighted by molar-refractivity contribution is 7.99. The number of ether oxygens (including phenoxy) is 1. The van der Waals surface area contributed by atoms with Crippen molar-refractivity contribution in [3.63, 3.8) is 0 Å². The number of carbonyl (C=O) groups is 2. The largest absolute Gasteiger partial charge is 0.497 e. The predicted octanol–water partition coefficient (Wildman–Crippen LogP) is 5.60. The Morgan fingerprint density at radius 1 is 1.17 bits per heavy atom. The summed E-state index contributed by atoms with van der Waals surface area (Å²) in [5.41, 5.74) is 4.23. The molecule has 0 spiro atoms. The smallest absolute Gasteiger partial charge is 0.258 e. The van der Waals surface area contributed by atoms with Crippen molar-refractivity contribution in [2.24, 2.45) is 0 Å². The molecule has 0 fully saturated rings. The van der Waals surface area contributed by atoms with Crippen LogP contribution in [0.15, 0.2) is 71.9 Å². The third-order valence-corrected chi connectivity index (χ3v) is 6.58. The van der Waals surface area contributed by atoms with Crippen molar-refractivity contribution < 1.29 is 14.3 Å². The Labute approximate surface area is 210 Å². The number of carbonyl (C=O) groups excluding carboxylic acids is 2. The van der Waals surface area contributed by atoms with Gasteiger partial charge in [-0.15, -0.1) is 11.8 Å². The van der Waals surface area contributed by atoms with E-state index >= 15 is 0 Å². The summed E-state index contributed by atoms with van der Waals surface area (Å²) in [7, 11) is 1.63. The molecular formula is C28H29N3O3S.